The minimum atomic E-state index is -0.542. The molecule has 4 rings (SSSR count). The molecule has 0 aliphatic heterocycles. The van der Waals surface area contributed by atoms with Crippen molar-refractivity contribution < 1.29 is 9.53 Å². The quantitative estimate of drug-likeness (QED) is 0.755. The molecule has 0 atom stereocenters. The van der Waals surface area contributed by atoms with Gasteiger partial charge in [-0.25, -0.2) is 4.98 Å². The number of aromatic nitrogens is 2. The Kier molecular flexibility index (Phi) is 3.64. The maximum atomic E-state index is 12.1. The molecular weight excluding hydrogens is 328 g/mol. The number of methoxy groups -OCH3 is 1. The van der Waals surface area contributed by atoms with Crippen molar-refractivity contribution in [1.82, 2.24) is 9.55 Å². The van der Waals surface area contributed by atoms with Crippen LogP contribution in [0.1, 0.15) is 45.8 Å². The van der Waals surface area contributed by atoms with Gasteiger partial charge in [-0.3, -0.25) is 9.36 Å². The number of aryl methyl sites for hydroxylation is 1. The molecular formula is C20H22N4O2. The lowest BCUT2D eigenvalue weighted by atomic mass is 10.1. The summed E-state index contributed by atoms with van der Waals surface area (Å²) < 4.78 is 7.28. The van der Waals surface area contributed by atoms with Gasteiger partial charge >= 0.3 is 0 Å². The Hall–Kier alpha value is -3.02. The first-order valence-corrected chi connectivity index (χ1v) is 8.68. The van der Waals surface area contributed by atoms with Crippen molar-refractivity contribution in [3.05, 3.63) is 46.6 Å². The Bertz CT molecular complexity index is 1050. The zero-order chi connectivity index (χ0) is 18.6. The molecule has 0 bridgehead atoms. The topological polar surface area (TPSA) is 96.2 Å². The van der Waals surface area contributed by atoms with Gasteiger partial charge in [0.15, 0.2) is 0 Å². The Morgan fingerprint density at radius 1 is 1.31 bits per heavy atom. The number of carbonyl (C=O) groups excluding carboxylic acids is 1. The third kappa shape index (κ3) is 2.33. The number of fused-ring (bicyclic) bond motifs is 1. The van der Waals surface area contributed by atoms with Gasteiger partial charge in [-0.2, -0.15) is 0 Å². The lowest BCUT2D eigenvalue weighted by molar-refractivity contribution is 0.100. The van der Waals surface area contributed by atoms with Crippen molar-refractivity contribution in [1.29, 1.82) is 0 Å². The maximum Gasteiger partial charge on any atom is 0.253 e. The molecule has 2 aromatic heterocycles. The molecule has 3 aromatic rings. The molecule has 1 saturated carbocycles. The normalized spacial score (nSPS) is 14.0. The number of carbonyl (C=O) groups is 1. The van der Waals surface area contributed by atoms with Crippen LogP contribution in [0.3, 0.4) is 0 Å². The number of nitrogens with two attached hydrogens (primary N) is 2. The average Bonchev–Trinajstić information content (AvgIpc) is 3.40. The van der Waals surface area contributed by atoms with Crippen LogP contribution in [-0.4, -0.2) is 22.6 Å². The van der Waals surface area contributed by atoms with Crippen molar-refractivity contribution in [2.24, 2.45) is 5.73 Å². The summed E-state index contributed by atoms with van der Waals surface area (Å²) in [5.74, 6) is 1.05. The number of anilines is 1. The molecule has 1 fully saturated rings. The van der Waals surface area contributed by atoms with Crippen LogP contribution in [0.5, 0.6) is 5.75 Å². The standard InChI is InChI=1S/C20H22N4O2/c1-10-4-7-15(26-3)11(2)17(10)24-18(21)16(19(22)25)14-8-13(12-5-6-12)9-23-20(14)24/h4,7-9,12H,5-6,21H2,1-3H3,(H2,22,25). The van der Waals surface area contributed by atoms with Gasteiger partial charge in [-0.1, -0.05) is 6.07 Å². The van der Waals surface area contributed by atoms with E-state index < -0.39 is 5.91 Å². The van der Waals surface area contributed by atoms with Gasteiger partial charge in [-0.05, 0) is 55.9 Å². The number of amides is 1. The molecule has 6 heteroatoms. The van der Waals surface area contributed by atoms with Gasteiger partial charge in [0.25, 0.3) is 5.91 Å². The van der Waals surface area contributed by atoms with E-state index >= 15 is 0 Å². The number of pyridine rings is 1. The Morgan fingerprint density at radius 2 is 2.04 bits per heavy atom. The Labute approximate surface area is 151 Å². The van der Waals surface area contributed by atoms with Crippen LogP contribution < -0.4 is 16.2 Å². The minimum absolute atomic E-state index is 0.312. The SMILES string of the molecule is COc1ccc(C)c(-n2c(N)c(C(N)=O)c3cc(C4CC4)cnc32)c1C. The van der Waals surface area contributed by atoms with Crippen LogP contribution in [0.4, 0.5) is 5.82 Å². The van der Waals surface area contributed by atoms with Crippen LogP contribution >= 0.6 is 0 Å². The van der Waals surface area contributed by atoms with Gasteiger partial charge < -0.3 is 16.2 Å². The molecule has 1 aliphatic rings. The van der Waals surface area contributed by atoms with Crippen LogP contribution in [0.25, 0.3) is 16.7 Å². The number of hydrogen-bond acceptors (Lipinski definition) is 4. The van der Waals surface area contributed by atoms with E-state index in [9.17, 15) is 4.79 Å². The maximum absolute atomic E-state index is 12.1. The number of nitrogens with zero attached hydrogens (tertiary/aromatic N) is 2. The monoisotopic (exact) mass is 350 g/mol. The summed E-state index contributed by atoms with van der Waals surface area (Å²) in [4.78, 5) is 16.8. The predicted molar refractivity (Wildman–Crippen MR) is 102 cm³/mol. The van der Waals surface area contributed by atoms with Gasteiger partial charge in [0.1, 0.15) is 17.2 Å². The van der Waals surface area contributed by atoms with Crippen LogP contribution in [0, 0.1) is 13.8 Å². The van der Waals surface area contributed by atoms with E-state index in [4.69, 9.17) is 16.2 Å². The number of ether oxygens (including phenoxy) is 1. The number of primary amides is 1. The Balaban J connectivity index is 2.08. The molecule has 4 N–H and O–H groups in total. The summed E-state index contributed by atoms with van der Waals surface area (Å²) in [7, 11) is 1.63. The average molecular weight is 350 g/mol. The van der Waals surface area contributed by atoms with E-state index in [1.165, 1.54) is 0 Å². The van der Waals surface area contributed by atoms with Gasteiger partial charge in [0.05, 0.1) is 18.4 Å². The van der Waals surface area contributed by atoms with Gasteiger partial charge in [0, 0.05) is 17.1 Å². The highest BCUT2D eigenvalue weighted by atomic mass is 16.5. The van der Waals surface area contributed by atoms with Crippen LogP contribution in [-0.2, 0) is 0 Å². The first-order valence-electron chi connectivity index (χ1n) is 8.68. The molecule has 0 saturated heterocycles. The summed E-state index contributed by atoms with van der Waals surface area (Å²) in [6, 6.07) is 5.90. The van der Waals surface area contributed by atoms with E-state index in [1.54, 1.807) is 7.11 Å². The molecule has 0 unspecified atom stereocenters. The number of rotatable bonds is 4. The highest BCUT2D eigenvalue weighted by molar-refractivity contribution is 6.11. The van der Waals surface area contributed by atoms with Crippen molar-refractivity contribution in [3.8, 4) is 11.4 Å². The second-order valence-corrected chi connectivity index (χ2v) is 6.93. The lowest BCUT2D eigenvalue weighted by Gasteiger charge is -2.16. The number of hydrogen-bond donors (Lipinski definition) is 2. The molecule has 2 heterocycles. The van der Waals surface area contributed by atoms with Crippen LogP contribution in [0.2, 0.25) is 0 Å². The fraction of sp³-hybridized carbons (Fsp3) is 0.300. The predicted octanol–water partition coefficient (Wildman–Crippen LogP) is 3.21. The fourth-order valence-corrected chi connectivity index (χ4v) is 3.71. The van der Waals surface area contributed by atoms with Crippen molar-refractivity contribution in [3.63, 3.8) is 0 Å². The van der Waals surface area contributed by atoms with Crippen LogP contribution in [0.15, 0.2) is 24.4 Å². The smallest absolute Gasteiger partial charge is 0.253 e. The second-order valence-electron chi connectivity index (χ2n) is 6.93. The van der Waals surface area contributed by atoms with E-state index in [2.05, 4.69) is 4.98 Å². The third-order valence-electron chi connectivity index (χ3n) is 5.19. The molecule has 134 valence electrons. The van der Waals surface area contributed by atoms with E-state index in [1.807, 2.05) is 42.8 Å². The summed E-state index contributed by atoms with van der Waals surface area (Å²) >= 11 is 0. The fourth-order valence-electron chi connectivity index (χ4n) is 3.71. The van der Waals surface area contributed by atoms with Crippen molar-refractivity contribution in [2.75, 3.05) is 12.8 Å². The van der Waals surface area contributed by atoms with E-state index in [0.717, 1.165) is 41.0 Å². The zero-order valence-corrected chi connectivity index (χ0v) is 15.2. The van der Waals surface area contributed by atoms with Crippen molar-refractivity contribution >= 4 is 22.8 Å². The summed E-state index contributed by atoms with van der Waals surface area (Å²) in [6.45, 7) is 3.96. The lowest BCUT2D eigenvalue weighted by Crippen LogP contribution is -2.14. The molecule has 6 nitrogen and oxygen atoms in total. The van der Waals surface area contributed by atoms with E-state index in [0.29, 0.717) is 28.3 Å². The molecule has 1 aliphatic carbocycles. The number of benzene rings is 1. The second kappa shape index (κ2) is 5.76. The summed E-state index contributed by atoms with van der Waals surface area (Å²) in [5.41, 5.74) is 17.0. The summed E-state index contributed by atoms with van der Waals surface area (Å²) in [6.07, 6.45) is 4.19. The zero-order valence-electron chi connectivity index (χ0n) is 15.2. The first-order chi connectivity index (χ1) is 12.4. The summed E-state index contributed by atoms with van der Waals surface area (Å²) in [5, 5.41) is 0.709. The minimum Gasteiger partial charge on any atom is -0.496 e. The largest absolute Gasteiger partial charge is 0.496 e. The number of nitrogen functional groups attached to an aromatic ring is 1. The van der Waals surface area contributed by atoms with Gasteiger partial charge in [-0.15, -0.1) is 0 Å². The first kappa shape index (κ1) is 16.4. The molecule has 1 amide bonds. The molecule has 0 radical (unpaired) electrons. The highest BCUT2D eigenvalue weighted by Crippen LogP contribution is 2.42. The van der Waals surface area contributed by atoms with E-state index in [-0.39, 0.29) is 0 Å². The molecule has 0 spiro atoms. The van der Waals surface area contributed by atoms with Crippen molar-refractivity contribution in [2.45, 2.75) is 32.6 Å². The van der Waals surface area contributed by atoms with Gasteiger partial charge in [0.2, 0.25) is 0 Å². The Morgan fingerprint density at radius 3 is 2.65 bits per heavy atom. The molecule has 1 aromatic carbocycles. The third-order valence-corrected chi connectivity index (χ3v) is 5.19. The molecule has 26 heavy (non-hydrogen) atoms. The highest BCUT2D eigenvalue weighted by Gasteiger charge is 2.28.